The highest BCUT2D eigenvalue weighted by molar-refractivity contribution is 7.95. The van der Waals surface area contributed by atoms with E-state index in [0.29, 0.717) is 12.8 Å². The minimum atomic E-state index is -2.00. The molecule has 0 aliphatic carbocycles. The van der Waals surface area contributed by atoms with E-state index in [1.807, 2.05) is 45.1 Å². The minimum absolute atomic E-state index is 0.0743. The summed E-state index contributed by atoms with van der Waals surface area (Å²) in [5, 5.41) is 63.3. The summed E-state index contributed by atoms with van der Waals surface area (Å²) < 4.78 is 38.3. The van der Waals surface area contributed by atoms with Crippen molar-refractivity contribution >= 4 is 35.2 Å². The molecule has 0 unspecified atom stereocenters. The molecule has 478 valence electrons. The predicted octanol–water partition coefficient (Wildman–Crippen LogP) is 8.87. The number of cyclic esters (lactones) is 1. The van der Waals surface area contributed by atoms with Gasteiger partial charge in [0.1, 0.15) is 47.9 Å². The first-order valence-corrected chi connectivity index (χ1v) is 34.0. The van der Waals surface area contributed by atoms with E-state index in [1.54, 1.807) is 53.4 Å². The summed E-state index contributed by atoms with van der Waals surface area (Å²) >= 11 is 0. The van der Waals surface area contributed by atoms with Crippen molar-refractivity contribution in [3.05, 3.63) is 85.1 Å². The number of nitrogens with zero attached hydrogens (tertiary/aromatic N) is 3. The quantitative estimate of drug-likeness (QED) is 0.0322. The second-order valence-electron chi connectivity index (χ2n) is 26.3. The van der Waals surface area contributed by atoms with Crippen LogP contribution in [0.15, 0.2) is 85.1 Å². The fourth-order valence-corrected chi connectivity index (χ4v) is 18.2. The SMILES string of the molecule is CC[C@H]1OC(=O)[C@H](C)[C@@H](O[C@H]2C[C@@](C)(OC)[C@@H](O)[C@H](C)O2)[C@H](C)[C@@H](O[C@@H]2O[C@H](C)C[C@H](N(C)C)[C@H]2O)[C@](C)(O)C[C@@H](C)CN(C(=O)CCCCCCCCCCCCC[P+](c2ccccc2)(c2ccccc2)c2ccccn2)[C@H](C)[C@@H](O)[C@]1(C)O. The van der Waals surface area contributed by atoms with Gasteiger partial charge in [-0.1, -0.05) is 115 Å². The van der Waals surface area contributed by atoms with E-state index in [9.17, 15) is 35.1 Å². The maximum absolute atomic E-state index is 14.7. The van der Waals surface area contributed by atoms with Crippen molar-refractivity contribution in [2.75, 3.05) is 33.9 Å². The molecule has 0 radical (unpaired) electrons. The molecular weight excluding hydrogens is 1100 g/mol. The molecule has 16 nitrogen and oxygen atoms in total. The summed E-state index contributed by atoms with van der Waals surface area (Å²) in [4.78, 5) is 37.8. The Morgan fingerprint density at radius 2 is 1.32 bits per heavy atom. The van der Waals surface area contributed by atoms with Crippen LogP contribution in [0.4, 0.5) is 0 Å². The van der Waals surface area contributed by atoms with Gasteiger partial charge in [0, 0.05) is 50.7 Å². The van der Waals surface area contributed by atoms with E-state index in [1.165, 1.54) is 62.2 Å². The van der Waals surface area contributed by atoms with Gasteiger partial charge < -0.3 is 63.8 Å². The molecule has 85 heavy (non-hydrogen) atoms. The molecule has 3 aromatic rings. The smallest absolute Gasteiger partial charge is 0.311 e. The van der Waals surface area contributed by atoms with Gasteiger partial charge in [-0.15, -0.1) is 0 Å². The molecule has 0 spiro atoms. The topological polar surface area (TPSA) is 210 Å². The standard InChI is InChI=1S/C68H109N3O13P/c1-14-55-68(10,78)61(74)50(6)71(57(72)39-30-22-20-18-16-15-17-19-21-23-33-41-85(52-34-26-24-27-35-52,53-36-28-25-29-37-53)56-38-31-32-40-69-56)45-46(2)43-66(8,77)63(84-65-59(73)54(70(11)12)42-47(3)80-65)48(4)60(49(5)64(76)82-55)83-58-44-67(9,79-13)62(75)51(7)81-58/h24-29,31-32,34-38,40,46-51,54-55,58-63,65,73-75,77-78H,14-23,30,33,39,41-45H2,1-13H3/q+1/t46-,47-,48+,49-,50-,51+,54+,55-,58+,59-,60+,61-,62+,63-,65+,66-,67-,68-/m1/s1. The summed E-state index contributed by atoms with van der Waals surface area (Å²) in [7, 11) is 3.34. The lowest BCUT2D eigenvalue weighted by molar-refractivity contribution is -0.318. The van der Waals surface area contributed by atoms with Crippen LogP contribution in [0.2, 0.25) is 0 Å². The molecule has 2 aromatic carbocycles. The Kier molecular flexibility index (Phi) is 26.8. The Hall–Kier alpha value is -3.48. The lowest BCUT2D eigenvalue weighted by Crippen LogP contribution is -2.60. The number of carbonyl (C=O) groups is 2. The zero-order valence-electron chi connectivity index (χ0n) is 53.8. The van der Waals surface area contributed by atoms with Crippen LogP contribution in [0.3, 0.4) is 0 Å². The van der Waals surface area contributed by atoms with Crippen LogP contribution in [0.25, 0.3) is 0 Å². The van der Waals surface area contributed by atoms with Gasteiger partial charge in [0.05, 0.1) is 53.7 Å². The minimum Gasteiger partial charge on any atom is -0.459 e. The highest BCUT2D eigenvalue weighted by Gasteiger charge is 2.53. The Bertz CT molecular complexity index is 2350. The number of aliphatic hydroxyl groups excluding tert-OH is 3. The number of ether oxygens (including phenoxy) is 6. The van der Waals surface area contributed by atoms with E-state index in [4.69, 9.17) is 33.4 Å². The van der Waals surface area contributed by atoms with Crippen LogP contribution in [-0.4, -0.2) is 176 Å². The first kappa shape index (κ1) is 70.6. The number of hydrogen-bond donors (Lipinski definition) is 5. The van der Waals surface area contributed by atoms with Gasteiger partial charge in [0.15, 0.2) is 18.0 Å². The van der Waals surface area contributed by atoms with Crippen molar-refractivity contribution in [1.82, 2.24) is 14.8 Å². The third-order valence-corrected chi connectivity index (χ3v) is 23.4. The van der Waals surface area contributed by atoms with Crippen molar-refractivity contribution in [1.29, 1.82) is 0 Å². The highest BCUT2D eigenvalue weighted by atomic mass is 31.2. The number of amides is 1. The number of pyridine rings is 1. The number of likely N-dealkylation sites (N-methyl/N-ethyl adjacent to an activating group) is 1. The number of hydrogen-bond acceptors (Lipinski definition) is 15. The number of aromatic nitrogens is 1. The third-order valence-electron chi connectivity index (χ3n) is 19.1. The molecule has 3 aliphatic rings. The van der Waals surface area contributed by atoms with Crippen LogP contribution in [-0.2, 0) is 38.0 Å². The monoisotopic (exact) mass is 1210 g/mol. The number of carbonyl (C=O) groups excluding carboxylic acids is 2. The molecular formula is C68H109N3O13P+. The van der Waals surface area contributed by atoms with Crippen LogP contribution >= 0.6 is 7.26 Å². The first-order valence-electron chi connectivity index (χ1n) is 32.1. The molecule has 3 fully saturated rings. The van der Waals surface area contributed by atoms with Crippen molar-refractivity contribution in [3.63, 3.8) is 0 Å². The molecule has 0 bridgehead atoms. The molecule has 1 amide bonds. The Balaban J connectivity index is 1.11. The number of unbranched alkanes of at least 4 members (excludes halogenated alkanes) is 10. The zero-order valence-corrected chi connectivity index (χ0v) is 54.7. The Morgan fingerprint density at radius 1 is 0.753 bits per heavy atom. The fraction of sp³-hybridized carbons (Fsp3) is 0.721. The van der Waals surface area contributed by atoms with Gasteiger partial charge in [-0.3, -0.25) is 9.59 Å². The molecule has 4 heterocycles. The maximum atomic E-state index is 14.7. The van der Waals surface area contributed by atoms with Gasteiger partial charge >= 0.3 is 5.97 Å². The average molecular weight is 1210 g/mol. The summed E-state index contributed by atoms with van der Waals surface area (Å²) in [5.74, 6) is -3.26. The summed E-state index contributed by atoms with van der Waals surface area (Å²) in [6.45, 7) is 17.4. The second-order valence-corrected chi connectivity index (χ2v) is 29.9. The van der Waals surface area contributed by atoms with Crippen LogP contribution < -0.4 is 16.0 Å². The second kappa shape index (κ2) is 32.3. The predicted molar refractivity (Wildman–Crippen MR) is 336 cm³/mol. The van der Waals surface area contributed by atoms with Crippen LogP contribution in [0.1, 0.15) is 172 Å². The summed E-state index contributed by atoms with van der Waals surface area (Å²) in [5.41, 5.74) is -3.60. The molecule has 6 rings (SSSR count). The average Bonchev–Trinajstić information content (AvgIpc) is 2.04. The van der Waals surface area contributed by atoms with Crippen molar-refractivity contribution in [2.24, 2.45) is 17.8 Å². The molecule has 18 atom stereocenters. The Morgan fingerprint density at radius 3 is 1.86 bits per heavy atom. The van der Waals surface area contributed by atoms with E-state index in [2.05, 4.69) is 72.8 Å². The summed E-state index contributed by atoms with van der Waals surface area (Å²) in [6, 6.07) is 27.0. The maximum Gasteiger partial charge on any atom is 0.311 e. The highest BCUT2D eigenvalue weighted by Crippen LogP contribution is 2.55. The van der Waals surface area contributed by atoms with Crippen molar-refractivity contribution < 1.29 is 63.5 Å². The van der Waals surface area contributed by atoms with E-state index in [0.717, 1.165) is 38.3 Å². The van der Waals surface area contributed by atoms with E-state index >= 15 is 0 Å². The number of methoxy groups -OCH3 is 1. The molecule has 1 aromatic heterocycles. The molecule has 17 heteroatoms. The number of rotatable bonds is 24. The van der Waals surface area contributed by atoms with Crippen LogP contribution in [0.5, 0.6) is 0 Å². The van der Waals surface area contributed by atoms with Crippen molar-refractivity contribution in [3.8, 4) is 0 Å². The van der Waals surface area contributed by atoms with Gasteiger partial charge in [-0.05, 0) is 137 Å². The first-order chi connectivity index (χ1) is 40.3. The fourth-order valence-electron chi connectivity index (χ4n) is 13.9. The largest absolute Gasteiger partial charge is 0.459 e. The third kappa shape index (κ3) is 17.9. The normalized spacial score (nSPS) is 34.8. The lowest BCUT2D eigenvalue weighted by Gasteiger charge is -2.48. The molecule has 0 saturated carbocycles. The molecule has 3 aliphatic heterocycles. The van der Waals surface area contributed by atoms with Crippen LogP contribution in [0, 0.1) is 17.8 Å². The molecule has 3 saturated heterocycles. The number of benzene rings is 2. The van der Waals surface area contributed by atoms with E-state index < -0.39 is 109 Å². The molecule has 5 N–H and O–H groups in total. The van der Waals surface area contributed by atoms with E-state index in [-0.39, 0.29) is 50.3 Å². The number of aliphatic hydroxyl groups is 5. The van der Waals surface area contributed by atoms with Gasteiger partial charge in [-0.2, -0.15) is 0 Å². The van der Waals surface area contributed by atoms with Gasteiger partial charge in [0.2, 0.25) is 5.91 Å². The van der Waals surface area contributed by atoms with Gasteiger partial charge in [-0.25, -0.2) is 4.98 Å². The lowest BCUT2D eigenvalue weighted by atomic mass is 9.77. The number of esters is 1. The Labute approximate surface area is 510 Å². The van der Waals surface area contributed by atoms with Crippen molar-refractivity contribution in [2.45, 2.75) is 262 Å². The van der Waals surface area contributed by atoms with Gasteiger partial charge in [0.25, 0.3) is 0 Å². The zero-order chi connectivity index (χ0) is 62.3. The summed E-state index contributed by atoms with van der Waals surface area (Å²) in [6.07, 6.45) is 5.59.